The molecule has 8 nitrogen and oxygen atoms in total. The first kappa shape index (κ1) is 21.6. The number of hydrogen-bond donors (Lipinski definition) is 2. The Morgan fingerprint density at radius 1 is 1.12 bits per heavy atom. The predicted octanol–water partition coefficient (Wildman–Crippen LogP) is 2.71. The van der Waals surface area contributed by atoms with E-state index in [0.717, 1.165) is 38.2 Å². The van der Waals surface area contributed by atoms with Gasteiger partial charge in [0, 0.05) is 36.0 Å². The van der Waals surface area contributed by atoms with Gasteiger partial charge in [0.2, 0.25) is 5.91 Å². The van der Waals surface area contributed by atoms with E-state index in [9.17, 15) is 18.4 Å². The SMILES string of the molecule is Cc1cc(-c2cc(C)c3c(c2)CCC(=O)N3)cnc1-n1cnn(CC(CN)=C(F)F)c1=O. The number of benzene rings is 1. The molecule has 0 atom stereocenters. The molecule has 0 bridgehead atoms. The third-order valence-electron chi connectivity index (χ3n) is 5.50. The summed E-state index contributed by atoms with van der Waals surface area (Å²) in [7, 11) is 0. The Morgan fingerprint density at radius 2 is 1.88 bits per heavy atom. The Morgan fingerprint density at radius 3 is 2.56 bits per heavy atom. The number of nitrogens with one attached hydrogen (secondary N) is 1. The summed E-state index contributed by atoms with van der Waals surface area (Å²) in [5.74, 6) is 0.385. The van der Waals surface area contributed by atoms with Crippen molar-refractivity contribution in [2.24, 2.45) is 5.73 Å². The molecule has 0 fully saturated rings. The van der Waals surface area contributed by atoms with Crippen LogP contribution >= 0.6 is 0 Å². The van der Waals surface area contributed by atoms with E-state index in [1.54, 1.807) is 6.20 Å². The van der Waals surface area contributed by atoms with Crippen LogP contribution < -0.4 is 16.7 Å². The topological polar surface area (TPSA) is 108 Å². The van der Waals surface area contributed by atoms with E-state index < -0.39 is 11.8 Å². The summed E-state index contributed by atoms with van der Waals surface area (Å²) < 4.78 is 27.9. The molecule has 1 aliphatic rings. The number of rotatable bonds is 5. The van der Waals surface area contributed by atoms with Crippen LogP contribution in [-0.2, 0) is 17.8 Å². The van der Waals surface area contributed by atoms with Gasteiger partial charge in [0.15, 0.2) is 0 Å². The van der Waals surface area contributed by atoms with Crippen LogP contribution in [0.25, 0.3) is 16.9 Å². The van der Waals surface area contributed by atoms with Crippen molar-refractivity contribution in [1.29, 1.82) is 0 Å². The molecule has 0 saturated heterocycles. The Balaban J connectivity index is 1.67. The van der Waals surface area contributed by atoms with Crippen molar-refractivity contribution in [3.8, 4) is 16.9 Å². The molecule has 3 heterocycles. The van der Waals surface area contributed by atoms with Gasteiger partial charge in [-0.3, -0.25) is 4.79 Å². The van der Waals surface area contributed by atoms with E-state index in [2.05, 4.69) is 15.4 Å². The van der Waals surface area contributed by atoms with Gasteiger partial charge in [-0.2, -0.15) is 13.9 Å². The molecule has 1 aliphatic heterocycles. The lowest BCUT2D eigenvalue weighted by atomic mass is 9.94. The average Bonchev–Trinajstić information content (AvgIpc) is 3.12. The molecule has 0 aliphatic carbocycles. The number of nitrogens with two attached hydrogens (primary N) is 1. The second kappa shape index (κ2) is 8.46. The summed E-state index contributed by atoms with van der Waals surface area (Å²) >= 11 is 0. The summed E-state index contributed by atoms with van der Waals surface area (Å²) in [4.78, 5) is 28.8. The van der Waals surface area contributed by atoms with Gasteiger partial charge in [0.25, 0.3) is 6.08 Å². The number of carbonyl (C=O) groups excluding carboxylic acids is 1. The minimum absolute atomic E-state index is 0.0181. The normalized spacial score (nSPS) is 13.0. The van der Waals surface area contributed by atoms with Crippen molar-refractivity contribution in [2.75, 3.05) is 11.9 Å². The average molecular weight is 440 g/mol. The maximum Gasteiger partial charge on any atom is 0.351 e. The smallest absolute Gasteiger partial charge is 0.327 e. The lowest BCUT2D eigenvalue weighted by Crippen LogP contribution is -2.27. The third-order valence-corrected chi connectivity index (χ3v) is 5.50. The predicted molar refractivity (Wildman–Crippen MR) is 116 cm³/mol. The van der Waals surface area contributed by atoms with Crippen molar-refractivity contribution in [1.82, 2.24) is 19.3 Å². The van der Waals surface area contributed by atoms with Crippen molar-refractivity contribution < 1.29 is 13.6 Å². The number of amides is 1. The van der Waals surface area contributed by atoms with E-state index in [4.69, 9.17) is 5.73 Å². The van der Waals surface area contributed by atoms with Crippen LogP contribution in [0.1, 0.15) is 23.1 Å². The first-order valence-electron chi connectivity index (χ1n) is 10.1. The number of aromatic nitrogens is 4. The fourth-order valence-corrected chi connectivity index (χ4v) is 3.80. The summed E-state index contributed by atoms with van der Waals surface area (Å²) in [5, 5.41) is 6.84. The van der Waals surface area contributed by atoms with Gasteiger partial charge in [-0.25, -0.2) is 19.0 Å². The maximum atomic E-state index is 12.9. The third kappa shape index (κ3) is 3.96. The van der Waals surface area contributed by atoms with Crippen LogP contribution in [0.15, 0.2) is 47.2 Å². The molecular formula is C22H22F2N6O2. The molecule has 0 saturated carbocycles. The molecule has 3 N–H and O–H groups in total. The minimum Gasteiger partial charge on any atom is -0.327 e. The first-order valence-corrected chi connectivity index (χ1v) is 10.1. The van der Waals surface area contributed by atoms with Crippen LogP contribution in [0.3, 0.4) is 0 Å². The van der Waals surface area contributed by atoms with Crippen molar-refractivity contribution in [3.63, 3.8) is 0 Å². The van der Waals surface area contributed by atoms with Gasteiger partial charge < -0.3 is 11.1 Å². The number of aryl methyl sites for hydroxylation is 3. The minimum atomic E-state index is -1.91. The quantitative estimate of drug-likeness (QED) is 0.634. The molecule has 0 radical (unpaired) electrons. The highest BCUT2D eigenvalue weighted by atomic mass is 19.3. The molecule has 0 spiro atoms. The van der Waals surface area contributed by atoms with Gasteiger partial charge in [0.05, 0.1) is 6.54 Å². The van der Waals surface area contributed by atoms with Crippen LogP contribution in [0.4, 0.5) is 14.5 Å². The molecule has 1 amide bonds. The summed E-state index contributed by atoms with van der Waals surface area (Å²) in [6.07, 6.45) is 2.13. The van der Waals surface area contributed by atoms with Gasteiger partial charge in [0.1, 0.15) is 12.1 Å². The highest BCUT2D eigenvalue weighted by molar-refractivity contribution is 5.95. The van der Waals surface area contributed by atoms with Crippen LogP contribution in [-0.4, -0.2) is 31.8 Å². The summed E-state index contributed by atoms with van der Waals surface area (Å²) in [5.41, 5.74) is 9.83. The van der Waals surface area contributed by atoms with E-state index >= 15 is 0 Å². The van der Waals surface area contributed by atoms with Crippen molar-refractivity contribution in [2.45, 2.75) is 33.2 Å². The molecule has 10 heteroatoms. The Labute approximate surface area is 182 Å². The molecule has 1 aromatic carbocycles. The first-order chi connectivity index (χ1) is 15.3. The fourth-order valence-electron chi connectivity index (χ4n) is 3.80. The van der Waals surface area contributed by atoms with Crippen molar-refractivity contribution >= 4 is 11.6 Å². The molecule has 32 heavy (non-hydrogen) atoms. The Kier molecular flexibility index (Phi) is 5.70. The molecule has 2 aromatic heterocycles. The van der Waals surface area contributed by atoms with E-state index in [0.29, 0.717) is 18.7 Å². The van der Waals surface area contributed by atoms with E-state index in [1.807, 2.05) is 32.0 Å². The maximum absolute atomic E-state index is 12.9. The lowest BCUT2D eigenvalue weighted by molar-refractivity contribution is -0.116. The van der Waals surface area contributed by atoms with E-state index in [-0.39, 0.29) is 24.6 Å². The van der Waals surface area contributed by atoms with Gasteiger partial charge in [-0.05, 0) is 60.7 Å². The zero-order chi connectivity index (χ0) is 23.0. The summed E-state index contributed by atoms with van der Waals surface area (Å²) in [6.45, 7) is 3.01. The second-order valence-corrected chi connectivity index (χ2v) is 7.75. The van der Waals surface area contributed by atoms with Gasteiger partial charge in [-0.1, -0.05) is 0 Å². The Hall–Kier alpha value is -3.66. The molecule has 166 valence electrons. The molecule has 3 aromatic rings. The summed E-state index contributed by atoms with van der Waals surface area (Å²) in [6, 6.07) is 5.92. The number of fused-ring (bicyclic) bond motifs is 1. The number of carbonyl (C=O) groups is 1. The second-order valence-electron chi connectivity index (χ2n) is 7.75. The van der Waals surface area contributed by atoms with Crippen LogP contribution in [0, 0.1) is 13.8 Å². The largest absolute Gasteiger partial charge is 0.351 e. The molecule has 4 rings (SSSR count). The lowest BCUT2D eigenvalue weighted by Gasteiger charge is -2.20. The zero-order valence-corrected chi connectivity index (χ0v) is 17.7. The number of nitrogens with zero attached hydrogens (tertiary/aromatic N) is 4. The van der Waals surface area contributed by atoms with Crippen LogP contribution in [0.2, 0.25) is 0 Å². The molecular weight excluding hydrogens is 418 g/mol. The number of pyridine rings is 1. The number of anilines is 1. The monoisotopic (exact) mass is 440 g/mol. The number of halogens is 2. The Bertz CT molecular complexity index is 1300. The fraction of sp³-hybridized carbons (Fsp3) is 0.273. The molecule has 0 unspecified atom stereocenters. The standard InChI is InChI=1S/C22H22F2N6O2/c1-12-5-15(7-14-3-4-18(31)28-19(12)14)16-6-13(2)21(26-9-16)29-11-27-30(22(29)32)10-17(8-25)20(23)24/h5-7,9,11H,3-4,8,10,25H2,1-2H3,(H,28,31). The van der Waals surface area contributed by atoms with Gasteiger partial charge in [-0.15, -0.1) is 0 Å². The highest BCUT2D eigenvalue weighted by Crippen LogP contribution is 2.32. The van der Waals surface area contributed by atoms with Crippen LogP contribution in [0.5, 0.6) is 0 Å². The zero-order valence-electron chi connectivity index (χ0n) is 17.7. The highest BCUT2D eigenvalue weighted by Gasteiger charge is 2.19. The number of hydrogen-bond acceptors (Lipinski definition) is 5. The van der Waals surface area contributed by atoms with Crippen molar-refractivity contribution in [3.05, 3.63) is 69.6 Å². The van der Waals surface area contributed by atoms with Gasteiger partial charge >= 0.3 is 5.69 Å². The van der Waals surface area contributed by atoms with E-state index in [1.165, 1.54) is 10.9 Å².